The van der Waals surface area contributed by atoms with Crippen LogP contribution in [0.2, 0.25) is 0 Å². The van der Waals surface area contributed by atoms with Gasteiger partial charge in [-0.2, -0.15) is 0 Å². The van der Waals surface area contributed by atoms with E-state index in [-0.39, 0.29) is 0 Å². The van der Waals surface area contributed by atoms with Crippen molar-refractivity contribution in [3.63, 3.8) is 0 Å². The van der Waals surface area contributed by atoms with Crippen molar-refractivity contribution in [2.24, 2.45) is 5.41 Å². The Kier molecular flexibility index (Phi) is 1.96. The zero-order chi connectivity index (χ0) is 9.60. The maximum absolute atomic E-state index is 3.37. The Morgan fingerprint density at radius 3 is 3.07 bits per heavy atom. The first-order chi connectivity index (χ1) is 6.86. The molecule has 76 valence electrons. The molecule has 1 saturated carbocycles. The van der Waals surface area contributed by atoms with Crippen LogP contribution >= 0.6 is 11.3 Å². The highest BCUT2D eigenvalue weighted by Gasteiger charge is 2.51. The summed E-state index contributed by atoms with van der Waals surface area (Å²) in [7, 11) is 2.08. The molecule has 0 radical (unpaired) electrons. The van der Waals surface area contributed by atoms with E-state index >= 15 is 0 Å². The standard InChI is InChI=1S/C12H17NS/c1-13-8-10-11-9(3-7-14-11)2-4-12(10)5-6-12/h3,7,10,13H,2,4-6,8H2,1H3. The first-order valence-electron chi connectivity index (χ1n) is 5.57. The summed E-state index contributed by atoms with van der Waals surface area (Å²) in [4.78, 5) is 1.68. The van der Waals surface area contributed by atoms with Crippen LogP contribution in [0.1, 0.15) is 35.6 Å². The fourth-order valence-electron chi connectivity index (χ4n) is 2.97. The average Bonchev–Trinajstić information content (AvgIpc) is 2.79. The molecule has 2 aliphatic carbocycles. The third-order valence-corrected chi connectivity index (χ3v) is 5.10. The van der Waals surface area contributed by atoms with Crippen molar-refractivity contribution in [1.82, 2.24) is 5.32 Å². The number of likely N-dealkylation sites (N-methyl/N-ethyl adjacent to an activating group) is 1. The number of hydrogen-bond donors (Lipinski definition) is 1. The molecule has 3 rings (SSSR count). The van der Waals surface area contributed by atoms with Gasteiger partial charge in [0.2, 0.25) is 0 Å². The smallest absolute Gasteiger partial charge is 0.0126 e. The van der Waals surface area contributed by atoms with Crippen LogP contribution in [-0.2, 0) is 6.42 Å². The monoisotopic (exact) mass is 207 g/mol. The fraction of sp³-hybridized carbons (Fsp3) is 0.667. The molecule has 1 unspecified atom stereocenters. The third kappa shape index (κ3) is 1.17. The van der Waals surface area contributed by atoms with Gasteiger partial charge < -0.3 is 5.32 Å². The lowest BCUT2D eigenvalue weighted by molar-refractivity contribution is 0.345. The van der Waals surface area contributed by atoms with E-state index in [1.54, 1.807) is 10.4 Å². The van der Waals surface area contributed by atoms with E-state index in [0.717, 1.165) is 5.92 Å². The molecule has 2 aliphatic rings. The van der Waals surface area contributed by atoms with E-state index in [4.69, 9.17) is 0 Å². The molecule has 1 spiro atoms. The van der Waals surface area contributed by atoms with Crippen LogP contribution in [0, 0.1) is 5.41 Å². The molecule has 14 heavy (non-hydrogen) atoms. The Bertz CT molecular complexity index is 338. The van der Waals surface area contributed by atoms with Crippen molar-refractivity contribution in [3.05, 3.63) is 21.9 Å². The largest absolute Gasteiger partial charge is 0.319 e. The first-order valence-corrected chi connectivity index (χ1v) is 6.44. The Morgan fingerprint density at radius 1 is 1.50 bits per heavy atom. The summed E-state index contributed by atoms with van der Waals surface area (Å²) in [6.07, 6.45) is 5.70. The van der Waals surface area contributed by atoms with Gasteiger partial charge in [-0.15, -0.1) is 11.3 Å². The summed E-state index contributed by atoms with van der Waals surface area (Å²) >= 11 is 1.98. The van der Waals surface area contributed by atoms with Gasteiger partial charge in [-0.25, -0.2) is 0 Å². The molecule has 0 saturated heterocycles. The number of nitrogens with one attached hydrogen (secondary N) is 1. The van der Waals surface area contributed by atoms with Gasteiger partial charge in [-0.1, -0.05) is 0 Å². The van der Waals surface area contributed by atoms with Crippen molar-refractivity contribution in [3.8, 4) is 0 Å². The van der Waals surface area contributed by atoms with Crippen molar-refractivity contribution < 1.29 is 0 Å². The molecule has 1 nitrogen and oxygen atoms in total. The second-order valence-electron chi connectivity index (χ2n) is 4.78. The zero-order valence-electron chi connectivity index (χ0n) is 8.68. The molecule has 0 bridgehead atoms. The fourth-order valence-corrected chi connectivity index (χ4v) is 4.17. The minimum Gasteiger partial charge on any atom is -0.319 e. The van der Waals surface area contributed by atoms with Gasteiger partial charge in [0.1, 0.15) is 0 Å². The topological polar surface area (TPSA) is 12.0 Å². The second-order valence-corrected chi connectivity index (χ2v) is 5.73. The lowest BCUT2D eigenvalue weighted by Crippen LogP contribution is -2.28. The van der Waals surface area contributed by atoms with E-state index in [1.165, 1.54) is 32.2 Å². The Balaban J connectivity index is 1.97. The Labute approximate surface area is 89.5 Å². The summed E-state index contributed by atoms with van der Waals surface area (Å²) in [5.41, 5.74) is 2.34. The predicted molar refractivity (Wildman–Crippen MR) is 61.0 cm³/mol. The molecule has 0 aliphatic heterocycles. The molecular weight excluding hydrogens is 190 g/mol. The minimum atomic E-state index is 0.709. The van der Waals surface area contributed by atoms with Crippen LogP contribution in [0.4, 0.5) is 0 Å². The first kappa shape index (κ1) is 8.93. The Hall–Kier alpha value is -0.340. The normalized spacial score (nSPS) is 27.6. The van der Waals surface area contributed by atoms with Crippen LogP contribution in [0.5, 0.6) is 0 Å². The SMILES string of the molecule is CNCC1c2sccc2CCC12CC2. The summed E-state index contributed by atoms with van der Waals surface area (Å²) in [6, 6.07) is 2.33. The molecule has 1 atom stereocenters. The lowest BCUT2D eigenvalue weighted by atomic mass is 9.77. The molecular formula is C12H17NS. The van der Waals surface area contributed by atoms with Gasteiger partial charge in [0.15, 0.2) is 0 Å². The summed E-state index contributed by atoms with van der Waals surface area (Å²) < 4.78 is 0. The zero-order valence-corrected chi connectivity index (χ0v) is 9.49. The van der Waals surface area contributed by atoms with Crippen LogP contribution < -0.4 is 5.32 Å². The van der Waals surface area contributed by atoms with Crippen molar-refractivity contribution in [2.75, 3.05) is 13.6 Å². The van der Waals surface area contributed by atoms with Gasteiger partial charge in [0, 0.05) is 17.3 Å². The minimum absolute atomic E-state index is 0.709. The Morgan fingerprint density at radius 2 is 2.36 bits per heavy atom. The van der Waals surface area contributed by atoms with Crippen LogP contribution in [0.25, 0.3) is 0 Å². The highest BCUT2D eigenvalue weighted by molar-refractivity contribution is 7.10. The van der Waals surface area contributed by atoms with Crippen LogP contribution in [-0.4, -0.2) is 13.6 Å². The number of rotatable bonds is 2. The summed E-state index contributed by atoms with van der Waals surface area (Å²) in [6.45, 7) is 1.17. The number of fused-ring (bicyclic) bond motifs is 1. The molecule has 1 aromatic rings. The van der Waals surface area contributed by atoms with E-state index in [2.05, 4.69) is 23.8 Å². The molecule has 1 N–H and O–H groups in total. The quantitative estimate of drug-likeness (QED) is 0.786. The van der Waals surface area contributed by atoms with Gasteiger partial charge in [-0.05, 0) is 55.2 Å². The van der Waals surface area contributed by atoms with Crippen molar-refractivity contribution in [1.29, 1.82) is 0 Å². The van der Waals surface area contributed by atoms with Gasteiger partial charge in [0.05, 0.1) is 0 Å². The van der Waals surface area contributed by atoms with Gasteiger partial charge >= 0.3 is 0 Å². The maximum Gasteiger partial charge on any atom is 0.0126 e. The van der Waals surface area contributed by atoms with Crippen LogP contribution in [0.3, 0.4) is 0 Å². The third-order valence-electron chi connectivity index (χ3n) is 4.03. The van der Waals surface area contributed by atoms with Crippen LogP contribution in [0.15, 0.2) is 11.4 Å². The maximum atomic E-state index is 3.37. The van der Waals surface area contributed by atoms with Gasteiger partial charge in [0.25, 0.3) is 0 Å². The average molecular weight is 207 g/mol. The number of aryl methyl sites for hydroxylation is 1. The summed E-state index contributed by atoms with van der Waals surface area (Å²) in [5.74, 6) is 0.816. The number of hydrogen-bond acceptors (Lipinski definition) is 2. The second kappa shape index (κ2) is 3.07. The van der Waals surface area contributed by atoms with E-state index < -0.39 is 0 Å². The molecule has 1 aromatic heterocycles. The van der Waals surface area contributed by atoms with Gasteiger partial charge in [-0.3, -0.25) is 0 Å². The highest BCUT2D eigenvalue weighted by Crippen LogP contribution is 2.62. The van der Waals surface area contributed by atoms with Crippen molar-refractivity contribution in [2.45, 2.75) is 31.6 Å². The molecule has 0 amide bonds. The molecule has 0 aromatic carbocycles. The van der Waals surface area contributed by atoms with E-state index in [1.807, 2.05) is 11.3 Å². The van der Waals surface area contributed by atoms with E-state index in [9.17, 15) is 0 Å². The highest BCUT2D eigenvalue weighted by atomic mass is 32.1. The predicted octanol–water partition coefficient (Wildman–Crippen LogP) is 2.78. The molecule has 2 heteroatoms. The van der Waals surface area contributed by atoms with E-state index in [0.29, 0.717) is 5.41 Å². The summed E-state index contributed by atoms with van der Waals surface area (Å²) in [5, 5.41) is 5.64. The molecule has 1 fully saturated rings. The number of thiophene rings is 1. The lowest BCUT2D eigenvalue weighted by Gasteiger charge is -2.31. The van der Waals surface area contributed by atoms with Crippen molar-refractivity contribution >= 4 is 11.3 Å². The molecule has 1 heterocycles.